The number of para-hydroxylation sites is 1. The molecule has 0 saturated carbocycles. The quantitative estimate of drug-likeness (QED) is 0.336. The summed E-state index contributed by atoms with van der Waals surface area (Å²) < 4.78 is 5.90. The molecule has 32 heavy (non-hydrogen) atoms. The summed E-state index contributed by atoms with van der Waals surface area (Å²) in [5, 5.41) is 19.5. The second-order valence-corrected chi connectivity index (χ2v) is 8.11. The maximum absolute atomic E-state index is 10.8. The van der Waals surface area contributed by atoms with Gasteiger partial charge in [0.15, 0.2) is 0 Å². The second-order valence-electron chi connectivity index (χ2n) is 8.11. The summed E-state index contributed by atoms with van der Waals surface area (Å²) >= 11 is 0. The molecule has 4 nitrogen and oxygen atoms in total. The SMILES string of the molecule is O=C(O)CCc1ccccc1OCCCCCc1cccc(C(O)Cc2ccccc2)c1. The summed E-state index contributed by atoms with van der Waals surface area (Å²) in [4.78, 5) is 10.8. The van der Waals surface area contributed by atoms with E-state index in [0.29, 0.717) is 19.4 Å². The van der Waals surface area contributed by atoms with Crippen LogP contribution in [-0.4, -0.2) is 22.8 Å². The zero-order chi connectivity index (χ0) is 22.6. The first-order chi connectivity index (χ1) is 15.6. The average molecular weight is 433 g/mol. The normalized spacial score (nSPS) is 11.8. The zero-order valence-corrected chi connectivity index (χ0v) is 18.5. The predicted octanol–water partition coefficient (Wildman–Crippen LogP) is 5.77. The summed E-state index contributed by atoms with van der Waals surface area (Å²) in [5.74, 6) is -0.00897. The number of aliphatic hydroxyl groups excluding tert-OH is 1. The van der Waals surface area contributed by atoms with Crippen molar-refractivity contribution in [3.8, 4) is 5.75 Å². The van der Waals surface area contributed by atoms with Crippen LogP contribution in [0.25, 0.3) is 0 Å². The Kier molecular flexibility index (Phi) is 9.33. The molecule has 3 aromatic rings. The number of carboxylic acids is 1. The molecule has 0 bridgehead atoms. The maximum atomic E-state index is 10.8. The lowest BCUT2D eigenvalue weighted by Crippen LogP contribution is -2.03. The minimum absolute atomic E-state index is 0.111. The van der Waals surface area contributed by atoms with Gasteiger partial charge in [0.1, 0.15) is 5.75 Å². The van der Waals surface area contributed by atoms with E-state index in [-0.39, 0.29) is 6.42 Å². The molecule has 0 aromatic heterocycles. The Morgan fingerprint density at radius 2 is 1.56 bits per heavy atom. The molecule has 0 saturated heterocycles. The van der Waals surface area contributed by atoms with E-state index >= 15 is 0 Å². The third kappa shape index (κ3) is 7.86. The van der Waals surface area contributed by atoms with E-state index in [2.05, 4.69) is 12.1 Å². The Hall–Kier alpha value is -3.11. The third-order valence-corrected chi connectivity index (χ3v) is 5.56. The number of unbranched alkanes of at least 4 members (excludes halogenated alkanes) is 2. The summed E-state index contributed by atoms with van der Waals surface area (Å²) in [6, 6.07) is 26.0. The number of ether oxygens (including phenoxy) is 1. The van der Waals surface area contributed by atoms with Crippen molar-refractivity contribution in [2.24, 2.45) is 0 Å². The molecule has 168 valence electrons. The highest BCUT2D eigenvalue weighted by Crippen LogP contribution is 2.22. The van der Waals surface area contributed by atoms with Crippen molar-refractivity contribution in [2.75, 3.05) is 6.61 Å². The van der Waals surface area contributed by atoms with E-state index in [4.69, 9.17) is 9.84 Å². The molecule has 0 amide bonds. The Morgan fingerprint density at radius 3 is 2.38 bits per heavy atom. The highest BCUT2D eigenvalue weighted by Gasteiger charge is 2.09. The van der Waals surface area contributed by atoms with Crippen LogP contribution < -0.4 is 4.74 Å². The van der Waals surface area contributed by atoms with E-state index in [1.807, 2.05) is 66.7 Å². The van der Waals surface area contributed by atoms with Gasteiger partial charge in [0.2, 0.25) is 0 Å². The van der Waals surface area contributed by atoms with E-state index in [1.54, 1.807) is 0 Å². The summed E-state index contributed by atoms with van der Waals surface area (Å²) in [6.45, 7) is 0.625. The van der Waals surface area contributed by atoms with E-state index < -0.39 is 12.1 Å². The van der Waals surface area contributed by atoms with Crippen LogP contribution in [0.5, 0.6) is 5.75 Å². The second kappa shape index (κ2) is 12.7. The Balaban J connectivity index is 1.39. The first-order valence-electron chi connectivity index (χ1n) is 11.3. The molecular weight excluding hydrogens is 400 g/mol. The molecule has 0 aliphatic carbocycles. The van der Waals surface area contributed by atoms with E-state index in [0.717, 1.165) is 48.1 Å². The summed E-state index contributed by atoms with van der Waals surface area (Å²) in [6.07, 6.45) is 4.75. The molecule has 0 heterocycles. The smallest absolute Gasteiger partial charge is 0.303 e. The molecule has 0 aliphatic heterocycles. The van der Waals surface area contributed by atoms with Crippen molar-refractivity contribution >= 4 is 5.97 Å². The van der Waals surface area contributed by atoms with E-state index in [1.165, 1.54) is 5.56 Å². The number of aryl methyl sites for hydroxylation is 2. The van der Waals surface area contributed by atoms with Crippen LogP contribution >= 0.6 is 0 Å². The van der Waals surface area contributed by atoms with Crippen molar-refractivity contribution in [1.82, 2.24) is 0 Å². The first kappa shape index (κ1) is 23.6. The zero-order valence-electron chi connectivity index (χ0n) is 18.5. The maximum Gasteiger partial charge on any atom is 0.303 e. The van der Waals surface area contributed by atoms with Crippen LogP contribution in [0.2, 0.25) is 0 Å². The van der Waals surface area contributed by atoms with Gasteiger partial charge in [-0.1, -0.05) is 72.8 Å². The Labute approximate surface area is 190 Å². The number of carboxylic acid groups (broad SMARTS) is 1. The van der Waals surface area contributed by atoms with Gasteiger partial charge in [-0.25, -0.2) is 0 Å². The highest BCUT2D eigenvalue weighted by molar-refractivity contribution is 5.67. The van der Waals surface area contributed by atoms with Crippen LogP contribution in [0.3, 0.4) is 0 Å². The molecule has 3 rings (SSSR count). The summed E-state index contributed by atoms with van der Waals surface area (Å²) in [7, 11) is 0. The topological polar surface area (TPSA) is 66.8 Å². The van der Waals surface area contributed by atoms with E-state index in [9.17, 15) is 9.90 Å². The molecule has 0 spiro atoms. The lowest BCUT2D eigenvalue weighted by molar-refractivity contribution is -0.136. The Bertz CT molecular complexity index is 968. The van der Waals surface area contributed by atoms with Crippen LogP contribution in [0.1, 0.15) is 54.0 Å². The van der Waals surface area contributed by atoms with Crippen molar-refractivity contribution < 1.29 is 19.7 Å². The molecule has 4 heteroatoms. The Morgan fingerprint density at radius 1 is 0.812 bits per heavy atom. The summed E-state index contributed by atoms with van der Waals surface area (Å²) in [5.41, 5.74) is 4.29. The molecular formula is C28H32O4. The van der Waals surface area contributed by atoms with Crippen molar-refractivity contribution in [2.45, 2.75) is 51.0 Å². The van der Waals surface area contributed by atoms with Gasteiger partial charge in [-0.05, 0) is 60.4 Å². The fraction of sp³-hybridized carbons (Fsp3) is 0.321. The average Bonchev–Trinajstić information content (AvgIpc) is 2.81. The number of hydrogen-bond acceptors (Lipinski definition) is 3. The number of benzene rings is 3. The van der Waals surface area contributed by atoms with Crippen molar-refractivity contribution in [3.05, 3.63) is 101 Å². The van der Waals surface area contributed by atoms with Crippen LogP contribution in [0.15, 0.2) is 78.9 Å². The number of rotatable bonds is 13. The number of carbonyl (C=O) groups is 1. The molecule has 0 radical (unpaired) electrons. The van der Waals surface area contributed by atoms with Crippen LogP contribution in [0.4, 0.5) is 0 Å². The molecule has 3 aromatic carbocycles. The van der Waals surface area contributed by atoms with Crippen LogP contribution in [-0.2, 0) is 24.1 Å². The monoisotopic (exact) mass is 432 g/mol. The standard InChI is InChI=1S/C28H32O4/c29-26(21-23-11-3-1-4-12-23)25-15-9-13-22(20-25)10-5-2-8-19-32-27-16-7-6-14-24(27)17-18-28(30)31/h1,3-4,6-7,9,11-16,20,26,29H,2,5,8,10,17-19,21H2,(H,30,31). The number of hydrogen-bond donors (Lipinski definition) is 2. The van der Waals surface area contributed by atoms with Gasteiger partial charge in [-0.2, -0.15) is 0 Å². The minimum Gasteiger partial charge on any atom is -0.493 e. The van der Waals surface area contributed by atoms with Gasteiger partial charge in [-0.15, -0.1) is 0 Å². The van der Waals surface area contributed by atoms with Gasteiger partial charge < -0.3 is 14.9 Å². The van der Waals surface area contributed by atoms with Crippen LogP contribution in [0, 0.1) is 0 Å². The minimum atomic E-state index is -0.795. The first-order valence-corrected chi connectivity index (χ1v) is 11.3. The van der Waals surface area contributed by atoms with Gasteiger partial charge in [0.25, 0.3) is 0 Å². The molecule has 0 aliphatic rings. The molecule has 1 atom stereocenters. The fourth-order valence-electron chi connectivity index (χ4n) is 3.79. The lowest BCUT2D eigenvalue weighted by atomic mass is 9.98. The van der Waals surface area contributed by atoms with Gasteiger partial charge in [-0.3, -0.25) is 4.79 Å². The largest absolute Gasteiger partial charge is 0.493 e. The molecule has 0 fully saturated rings. The predicted molar refractivity (Wildman–Crippen MR) is 127 cm³/mol. The van der Waals surface area contributed by atoms with Gasteiger partial charge >= 0.3 is 5.97 Å². The fourth-order valence-corrected chi connectivity index (χ4v) is 3.79. The number of aliphatic carboxylic acids is 1. The highest BCUT2D eigenvalue weighted by atomic mass is 16.5. The van der Waals surface area contributed by atoms with Crippen molar-refractivity contribution in [3.63, 3.8) is 0 Å². The van der Waals surface area contributed by atoms with Gasteiger partial charge in [0, 0.05) is 12.8 Å². The number of aliphatic hydroxyl groups is 1. The van der Waals surface area contributed by atoms with Gasteiger partial charge in [0.05, 0.1) is 12.7 Å². The third-order valence-electron chi connectivity index (χ3n) is 5.56. The molecule has 2 N–H and O–H groups in total. The van der Waals surface area contributed by atoms with Crippen molar-refractivity contribution in [1.29, 1.82) is 0 Å². The lowest BCUT2D eigenvalue weighted by Gasteiger charge is -2.13. The molecule has 1 unspecified atom stereocenters.